The highest BCUT2D eigenvalue weighted by atomic mass is 15.2. The van der Waals surface area contributed by atoms with Gasteiger partial charge in [0.25, 0.3) is 0 Å². The van der Waals surface area contributed by atoms with Gasteiger partial charge in [0.15, 0.2) is 0 Å². The molecule has 18 heavy (non-hydrogen) atoms. The molecule has 3 nitrogen and oxygen atoms in total. The molecule has 3 heteroatoms. The van der Waals surface area contributed by atoms with Gasteiger partial charge < -0.3 is 5.32 Å². The van der Waals surface area contributed by atoms with Crippen LogP contribution in [0.15, 0.2) is 12.4 Å². The first-order valence-corrected chi connectivity index (χ1v) is 7.32. The van der Waals surface area contributed by atoms with Crippen LogP contribution in [0, 0.1) is 5.92 Å². The van der Waals surface area contributed by atoms with Crippen molar-refractivity contribution in [2.24, 2.45) is 13.0 Å². The fraction of sp³-hybridized carbons (Fsp3) is 0.800. The summed E-state index contributed by atoms with van der Waals surface area (Å²) >= 11 is 0. The van der Waals surface area contributed by atoms with Crippen LogP contribution in [0.1, 0.15) is 52.0 Å². The zero-order valence-corrected chi connectivity index (χ0v) is 12.4. The van der Waals surface area contributed by atoms with Crippen LogP contribution in [0.3, 0.4) is 0 Å². The molecule has 1 heterocycles. The second-order valence-corrected chi connectivity index (χ2v) is 5.68. The summed E-state index contributed by atoms with van der Waals surface area (Å²) in [6.45, 7) is 7.97. The Kier molecular flexibility index (Phi) is 7.02. The minimum Gasteiger partial charge on any atom is -0.314 e. The molecule has 0 fully saturated rings. The molecule has 104 valence electrons. The Morgan fingerprint density at radius 1 is 1.28 bits per heavy atom. The standard InChI is InChI=1S/C15H29N3/c1-5-10-16-15(8-6-13(2)3)9-7-14-11-17-18(4)12-14/h11-13,15-16H,5-10H2,1-4H3. The van der Waals surface area contributed by atoms with Gasteiger partial charge in [-0.2, -0.15) is 5.10 Å². The van der Waals surface area contributed by atoms with Gasteiger partial charge in [0.1, 0.15) is 0 Å². The van der Waals surface area contributed by atoms with Gasteiger partial charge in [0, 0.05) is 19.3 Å². The summed E-state index contributed by atoms with van der Waals surface area (Å²) in [6, 6.07) is 0.660. The van der Waals surface area contributed by atoms with Crippen molar-refractivity contribution < 1.29 is 0 Å². The molecule has 0 bridgehead atoms. The Morgan fingerprint density at radius 2 is 2.06 bits per heavy atom. The summed E-state index contributed by atoms with van der Waals surface area (Å²) < 4.78 is 1.89. The zero-order valence-electron chi connectivity index (χ0n) is 12.4. The summed E-state index contributed by atoms with van der Waals surface area (Å²) in [5.41, 5.74) is 1.35. The van der Waals surface area contributed by atoms with Gasteiger partial charge >= 0.3 is 0 Å². The Bertz CT molecular complexity index is 317. The maximum absolute atomic E-state index is 4.23. The number of hydrogen-bond acceptors (Lipinski definition) is 2. The van der Waals surface area contributed by atoms with E-state index < -0.39 is 0 Å². The topological polar surface area (TPSA) is 29.9 Å². The Hall–Kier alpha value is -0.830. The third-order valence-electron chi connectivity index (χ3n) is 3.32. The maximum Gasteiger partial charge on any atom is 0.0521 e. The molecular formula is C15H29N3. The summed E-state index contributed by atoms with van der Waals surface area (Å²) in [5, 5.41) is 7.90. The molecule has 1 N–H and O–H groups in total. The molecule has 1 rings (SSSR count). The Labute approximate surface area is 112 Å². The van der Waals surface area contributed by atoms with Crippen molar-refractivity contribution in [2.45, 2.75) is 58.9 Å². The predicted molar refractivity (Wildman–Crippen MR) is 77.7 cm³/mol. The molecule has 1 aromatic rings. The average molecular weight is 251 g/mol. The van der Waals surface area contributed by atoms with Crippen LogP contribution < -0.4 is 5.32 Å². The van der Waals surface area contributed by atoms with E-state index in [0.29, 0.717) is 6.04 Å². The minimum absolute atomic E-state index is 0.660. The van der Waals surface area contributed by atoms with Gasteiger partial charge in [0.2, 0.25) is 0 Å². The molecule has 0 aliphatic heterocycles. The quantitative estimate of drug-likeness (QED) is 0.730. The fourth-order valence-electron chi connectivity index (χ4n) is 2.17. The number of nitrogens with zero attached hydrogens (tertiary/aromatic N) is 2. The number of nitrogens with one attached hydrogen (secondary N) is 1. The van der Waals surface area contributed by atoms with E-state index in [9.17, 15) is 0 Å². The maximum atomic E-state index is 4.23. The highest BCUT2D eigenvalue weighted by Crippen LogP contribution is 2.12. The summed E-state index contributed by atoms with van der Waals surface area (Å²) in [7, 11) is 1.98. The first-order chi connectivity index (χ1) is 8.61. The van der Waals surface area contributed by atoms with E-state index in [1.165, 1.54) is 31.2 Å². The van der Waals surface area contributed by atoms with Gasteiger partial charge in [-0.3, -0.25) is 4.68 Å². The first-order valence-electron chi connectivity index (χ1n) is 7.32. The lowest BCUT2D eigenvalue weighted by atomic mass is 9.98. The molecule has 0 aliphatic carbocycles. The van der Waals surface area contributed by atoms with Crippen LogP contribution in [-0.2, 0) is 13.5 Å². The Balaban J connectivity index is 2.34. The lowest BCUT2D eigenvalue weighted by Crippen LogP contribution is -2.30. The lowest BCUT2D eigenvalue weighted by molar-refractivity contribution is 0.410. The van der Waals surface area contributed by atoms with Gasteiger partial charge in [0.05, 0.1) is 6.20 Å². The number of aromatic nitrogens is 2. The van der Waals surface area contributed by atoms with E-state index in [-0.39, 0.29) is 0 Å². The van der Waals surface area contributed by atoms with Crippen molar-refractivity contribution in [3.63, 3.8) is 0 Å². The normalized spacial score (nSPS) is 13.2. The molecule has 0 saturated heterocycles. The smallest absolute Gasteiger partial charge is 0.0521 e. The molecule has 0 radical (unpaired) electrons. The second kappa shape index (κ2) is 8.30. The molecule has 0 saturated carbocycles. The number of hydrogen-bond donors (Lipinski definition) is 1. The van der Waals surface area contributed by atoms with Gasteiger partial charge in [-0.1, -0.05) is 20.8 Å². The van der Waals surface area contributed by atoms with Gasteiger partial charge in [-0.25, -0.2) is 0 Å². The number of rotatable bonds is 9. The fourth-order valence-corrected chi connectivity index (χ4v) is 2.17. The van der Waals surface area contributed by atoms with Crippen LogP contribution in [-0.4, -0.2) is 22.4 Å². The minimum atomic E-state index is 0.660. The van der Waals surface area contributed by atoms with Gasteiger partial charge in [-0.15, -0.1) is 0 Å². The predicted octanol–water partition coefficient (Wildman–Crippen LogP) is 3.16. The van der Waals surface area contributed by atoms with Crippen molar-refractivity contribution in [1.29, 1.82) is 0 Å². The molecule has 1 atom stereocenters. The summed E-state index contributed by atoms with van der Waals surface area (Å²) in [4.78, 5) is 0. The van der Waals surface area contributed by atoms with Crippen molar-refractivity contribution in [2.75, 3.05) is 6.54 Å². The van der Waals surface area contributed by atoms with Crippen LogP contribution in [0.5, 0.6) is 0 Å². The molecule has 1 aromatic heterocycles. The van der Waals surface area contributed by atoms with E-state index in [1.807, 2.05) is 17.9 Å². The SMILES string of the molecule is CCCNC(CCc1cnn(C)c1)CCC(C)C. The van der Waals surface area contributed by atoms with Crippen molar-refractivity contribution in [3.05, 3.63) is 18.0 Å². The van der Waals surface area contributed by atoms with Crippen LogP contribution >= 0.6 is 0 Å². The van der Waals surface area contributed by atoms with Gasteiger partial charge in [-0.05, 0) is 50.1 Å². The molecule has 0 aromatic carbocycles. The highest BCUT2D eigenvalue weighted by molar-refractivity contribution is 5.03. The van der Waals surface area contributed by atoms with E-state index in [4.69, 9.17) is 0 Å². The largest absolute Gasteiger partial charge is 0.314 e. The average Bonchev–Trinajstić information content (AvgIpc) is 2.74. The van der Waals surface area contributed by atoms with E-state index in [1.54, 1.807) is 0 Å². The molecule has 0 aliphatic rings. The first kappa shape index (κ1) is 15.2. The van der Waals surface area contributed by atoms with Crippen LogP contribution in [0.4, 0.5) is 0 Å². The zero-order chi connectivity index (χ0) is 13.4. The third-order valence-corrected chi connectivity index (χ3v) is 3.32. The highest BCUT2D eigenvalue weighted by Gasteiger charge is 2.09. The van der Waals surface area contributed by atoms with Crippen molar-refractivity contribution in [3.8, 4) is 0 Å². The van der Waals surface area contributed by atoms with Crippen molar-refractivity contribution >= 4 is 0 Å². The molecule has 1 unspecified atom stereocenters. The van der Waals surface area contributed by atoms with Crippen molar-refractivity contribution in [1.82, 2.24) is 15.1 Å². The molecular weight excluding hydrogens is 222 g/mol. The van der Waals surface area contributed by atoms with E-state index in [0.717, 1.165) is 18.9 Å². The second-order valence-electron chi connectivity index (χ2n) is 5.68. The van der Waals surface area contributed by atoms with Crippen LogP contribution in [0.2, 0.25) is 0 Å². The van der Waals surface area contributed by atoms with E-state index >= 15 is 0 Å². The Morgan fingerprint density at radius 3 is 2.61 bits per heavy atom. The molecule has 0 spiro atoms. The molecule has 0 amide bonds. The number of aryl methyl sites for hydroxylation is 2. The van der Waals surface area contributed by atoms with E-state index in [2.05, 4.69) is 37.4 Å². The lowest BCUT2D eigenvalue weighted by Gasteiger charge is -2.19. The monoisotopic (exact) mass is 251 g/mol. The third kappa shape index (κ3) is 6.20. The summed E-state index contributed by atoms with van der Waals surface area (Å²) in [6.07, 6.45) is 10.3. The van der Waals surface area contributed by atoms with Crippen LogP contribution in [0.25, 0.3) is 0 Å². The summed E-state index contributed by atoms with van der Waals surface area (Å²) in [5.74, 6) is 0.800.